The summed E-state index contributed by atoms with van der Waals surface area (Å²) in [5.41, 5.74) is 2.50. The second-order valence-corrected chi connectivity index (χ2v) is 5.95. The van der Waals surface area contributed by atoms with Gasteiger partial charge in [-0.1, -0.05) is 20.8 Å². The van der Waals surface area contributed by atoms with E-state index in [9.17, 15) is 0 Å². The van der Waals surface area contributed by atoms with Gasteiger partial charge in [0.25, 0.3) is 0 Å². The molecular weight excluding hydrogens is 222 g/mol. The van der Waals surface area contributed by atoms with E-state index in [1.54, 1.807) is 0 Å². The molecule has 3 unspecified atom stereocenters. The fourth-order valence-electron chi connectivity index (χ4n) is 2.89. The maximum absolute atomic E-state index is 4.50. The lowest BCUT2D eigenvalue weighted by Crippen LogP contribution is -2.36. The fraction of sp³-hybridized carbons (Fsp3) is 0.800. The SMILES string of the molecule is CCc1cc(CNC2CCC(C)C(C)C2)n(C)n1. The van der Waals surface area contributed by atoms with Crippen LogP contribution in [0.15, 0.2) is 6.07 Å². The van der Waals surface area contributed by atoms with Crippen molar-refractivity contribution in [3.63, 3.8) is 0 Å². The van der Waals surface area contributed by atoms with Crippen LogP contribution in [0.2, 0.25) is 0 Å². The topological polar surface area (TPSA) is 29.9 Å². The van der Waals surface area contributed by atoms with Gasteiger partial charge < -0.3 is 5.32 Å². The summed E-state index contributed by atoms with van der Waals surface area (Å²) >= 11 is 0. The highest BCUT2D eigenvalue weighted by Gasteiger charge is 2.24. The lowest BCUT2D eigenvalue weighted by Gasteiger charge is -2.32. The summed E-state index contributed by atoms with van der Waals surface area (Å²) < 4.78 is 2.01. The molecule has 0 aromatic carbocycles. The molecule has 18 heavy (non-hydrogen) atoms. The van der Waals surface area contributed by atoms with Crippen LogP contribution in [0.1, 0.15) is 51.4 Å². The minimum Gasteiger partial charge on any atom is -0.308 e. The van der Waals surface area contributed by atoms with Gasteiger partial charge >= 0.3 is 0 Å². The van der Waals surface area contributed by atoms with Gasteiger partial charge in [-0.15, -0.1) is 0 Å². The van der Waals surface area contributed by atoms with Crippen LogP contribution in [-0.2, 0) is 20.0 Å². The van der Waals surface area contributed by atoms with Gasteiger partial charge in [0.15, 0.2) is 0 Å². The van der Waals surface area contributed by atoms with Crippen molar-refractivity contribution in [2.75, 3.05) is 0 Å². The van der Waals surface area contributed by atoms with E-state index in [0.717, 1.165) is 24.8 Å². The highest BCUT2D eigenvalue weighted by molar-refractivity contribution is 5.10. The zero-order valence-electron chi connectivity index (χ0n) is 12.2. The summed E-state index contributed by atoms with van der Waals surface area (Å²) in [6.45, 7) is 7.88. The minimum absolute atomic E-state index is 0.691. The molecule has 1 saturated carbocycles. The van der Waals surface area contributed by atoms with Crippen LogP contribution in [0.4, 0.5) is 0 Å². The second kappa shape index (κ2) is 5.87. The Labute approximate surface area is 111 Å². The van der Waals surface area contributed by atoms with Crippen molar-refractivity contribution in [2.24, 2.45) is 18.9 Å². The monoisotopic (exact) mass is 249 g/mol. The van der Waals surface area contributed by atoms with E-state index < -0.39 is 0 Å². The predicted molar refractivity (Wildman–Crippen MR) is 75.4 cm³/mol. The number of hydrogen-bond acceptors (Lipinski definition) is 2. The third kappa shape index (κ3) is 3.14. The van der Waals surface area contributed by atoms with E-state index in [1.165, 1.54) is 30.7 Å². The molecule has 0 radical (unpaired) electrons. The first kappa shape index (κ1) is 13.6. The second-order valence-electron chi connectivity index (χ2n) is 5.95. The smallest absolute Gasteiger partial charge is 0.0625 e. The van der Waals surface area contributed by atoms with Gasteiger partial charge in [-0.3, -0.25) is 4.68 Å². The molecule has 1 N–H and O–H groups in total. The minimum atomic E-state index is 0.691. The van der Waals surface area contributed by atoms with E-state index in [1.807, 2.05) is 11.7 Å². The first-order valence-corrected chi connectivity index (χ1v) is 7.35. The molecule has 0 aliphatic heterocycles. The van der Waals surface area contributed by atoms with Crippen molar-refractivity contribution in [3.8, 4) is 0 Å². The molecule has 1 fully saturated rings. The Hall–Kier alpha value is -0.830. The van der Waals surface area contributed by atoms with Crippen LogP contribution in [0.5, 0.6) is 0 Å². The summed E-state index contributed by atoms with van der Waals surface area (Å²) in [4.78, 5) is 0. The molecule has 1 heterocycles. The van der Waals surface area contributed by atoms with Crippen molar-refractivity contribution in [3.05, 3.63) is 17.5 Å². The summed E-state index contributed by atoms with van der Waals surface area (Å²) in [5.74, 6) is 1.75. The average molecular weight is 249 g/mol. The third-order valence-electron chi connectivity index (χ3n) is 4.56. The molecule has 1 aromatic heterocycles. The molecule has 0 saturated heterocycles. The van der Waals surface area contributed by atoms with Gasteiger partial charge in [0.05, 0.1) is 11.4 Å². The largest absolute Gasteiger partial charge is 0.308 e. The van der Waals surface area contributed by atoms with Gasteiger partial charge in [0.1, 0.15) is 0 Å². The first-order chi connectivity index (χ1) is 8.60. The number of rotatable bonds is 4. The van der Waals surface area contributed by atoms with E-state index in [0.29, 0.717) is 6.04 Å². The first-order valence-electron chi connectivity index (χ1n) is 7.35. The van der Waals surface area contributed by atoms with Gasteiger partial charge in [-0.05, 0) is 43.6 Å². The maximum atomic E-state index is 4.50. The highest BCUT2D eigenvalue weighted by atomic mass is 15.3. The lowest BCUT2D eigenvalue weighted by atomic mass is 9.79. The quantitative estimate of drug-likeness (QED) is 0.889. The van der Waals surface area contributed by atoms with Crippen molar-refractivity contribution >= 4 is 0 Å². The third-order valence-corrected chi connectivity index (χ3v) is 4.56. The fourth-order valence-corrected chi connectivity index (χ4v) is 2.89. The molecule has 102 valence electrons. The average Bonchev–Trinajstić information content (AvgIpc) is 2.72. The normalized spacial score (nSPS) is 28.6. The molecule has 1 aliphatic rings. The van der Waals surface area contributed by atoms with Crippen molar-refractivity contribution in [1.29, 1.82) is 0 Å². The van der Waals surface area contributed by atoms with Crippen molar-refractivity contribution in [2.45, 2.75) is 59.0 Å². The van der Waals surface area contributed by atoms with Crippen LogP contribution in [0, 0.1) is 11.8 Å². The summed E-state index contributed by atoms with van der Waals surface area (Å²) in [7, 11) is 2.04. The number of nitrogens with one attached hydrogen (secondary N) is 1. The molecule has 0 spiro atoms. The molecule has 2 rings (SSSR count). The van der Waals surface area contributed by atoms with Crippen molar-refractivity contribution < 1.29 is 0 Å². The van der Waals surface area contributed by atoms with Crippen LogP contribution < -0.4 is 5.32 Å². The highest BCUT2D eigenvalue weighted by Crippen LogP contribution is 2.29. The van der Waals surface area contributed by atoms with Gasteiger partial charge in [0.2, 0.25) is 0 Å². The number of aryl methyl sites for hydroxylation is 2. The molecule has 3 nitrogen and oxygen atoms in total. The van der Waals surface area contributed by atoms with E-state index in [-0.39, 0.29) is 0 Å². The standard InChI is InChI=1S/C15H27N3/c1-5-13-9-15(18(4)17-13)10-16-14-7-6-11(2)12(3)8-14/h9,11-12,14,16H,5-8,10H2,1-4H3. The van der Waals surface area contributed by atoms with Crippen LogP contribution in [0.25, 0.3) is 0 Å². The van der Waals surface area contributed by atoms with Gasteiger partial charge in [-0.25, -0.2) is 0 Å². The van der Waals surface area contributed by atoms with Gasteiger partial charge in [-0.2, -0.15) is 5.10 Å². The Morgan fingerprint density at radius 1 is 1.33 bits per heavy atom. The Bertz CT molecular complexity index is 383. The summed E-state index contributed by atoms with van der Waals surface area (Å²) in [5, 5.41) is 8.20. The summed E-state index contributed by atoms with van der Waals surface area (Å²) in [6, 6.07) is 2.91. The molecule has 0 bridgehead atoms. The van der Waals surface area contributed by atoms with Crippen LogP contribution >= 0.6 is 0 Å². The number of hydrogen-bond donors (Lipinski definition) is 1. The predicted octanol–water partition coefficient (Wildman–Crippen LogP) is 2.90. The summed E-state index contributed by atoms with van der Waals surface area (Å²) in [6.07, 6.45) is 5.03. The molecule has 1 aromatic rings. The van der Waals surface area contributed by atoms with E-state index in [2.05, 4.69) is 37.3 Å². The Morgan fingerprint density at radius 3 is 2.72 bits per heavy atom. The number of nitrogens with zero attached hydrogens (tertiary/aromatic N) is 2. The lowest BCUT2D eigenvalue weighted by molar-refractivity contribution is 0.225. The maximum Gasteiger partial charge on any atom is 0.0625 e. The van der Waals surface area contributed by atoms with Crippen LogP contribution in [-0.4, -0.2) is 15.8 Å². The molecular formula is C15H27N3. The Morgan fingerprint density at radius 2 is 2.11 bits per heavy atom. The van der Waals surface area contributed by atoms with E-state index >= 15 is 0 Å². The Balaban J connectivity index is 1.85. The molecule has 0 amide bonds. The number of aromatic nitrogens is 2. The zero-order chi connectivity index (χ0) is 13.1. The Kier molecular flexibility index (Phi) is 4.44. The van der Waals surface area contributed by atoms with Crippen LogP contribution in [0.3, 0.4) is 0 Å². The molecule has 1 aliphatic carbocycles. The zero-order valence-corrected chi connectivity index (χ0v) is 12.2. The van der Waals surface area contributed by atoms with Gasteiger partial charge in [0, 0.05) is 19.6 Å². The van der Waals surface area contributed by atoms with Crippen molar-refractivity contribution in [1.82, 2.24) is 15.1 Å². The van der Waals surface area contributed by atoms with E-state index in [4.69, 9.17) is 0 Å². The molecule has 3 atom stereocenters. The molecule has 3 heteroatoms.